The van der Waals surface area contributed by atoms with E-state index in [4.69, 9.17) is 0 Å². The van der Waals surface area contributed by atoms with Gasteiger partial charge in [-0.25, -0.2) is 12.8 Å². The van der Waals surface area contributed by atoms with Gasteiger partial charge in [0.05, 0.1) is 16.5 Å². The first-order valence-corrected chi connectivity index (χ1v) is 11.9. The van der Waals surface area contributed by atoms with Gasteiger partial charge in [0.15, 0.2) is 0 Å². The summed E-state index contributed by atoms with van der Waals surface area (Å²) in [7, 11) is -3.90. The van der Waals surface area contributed by atoms with Gasteiger partial charge < -0.3 is 10.2 Å². The first kappa shape index (κ1) is 23.7. The molecule has 1 atom stereocenters. The molecule has 0 saturated carbocycles. The molecular weight excluding hydrogens is 433 g/mol. The molecule has 0 radical (unpaired) electrons. The van der Waals surface area contributed by atoms with Gasteiger partial charge in [0.2, 0.25) is 11.8 Å². The van der Waals surface area contributed by atoms with Gasteiger partial charge in [0.1, 0.15) is 5.82 Å². The maximum absolute atomic E-state index is 13.3. The van der Waals surface area contributed by atoms with Crippen LogP contribution in [0.5, 0.6) is 0 Å². The number of nitrogens with one attached hydrogen (secondary N) is 2. The SMILES string of the molecule is CC(C)(C)C(=O)N1CCCC(C(=O)Nc2ccc(S(=O)(=O)Nc3cccc(F)c3)cc2)C1. The number of carbonyl (C=O) groups is 2. The zero-order valence-corrected chi connectivity index (χ0v) is 19.2. The minimum Gasteiger partial charge on any atom is -0.341 e. The molecule has 3 rings (SSSR count). The lowest BCUT2D eigenvalue weighted by Crippen LogP contribution is -2.47. The zero-order chi connectivity index (χ0) is 23.5. The molecule has 172 valence electrons. The van der Waals surface area contributed by atoms with E-state index < -0.39 is 21.3 Å². The minimum absolute atomic E-state index is 0.0145. The fourth-order valence-corrected chi connectivity index (χ4v) is 4.63. The molecule has 1 aliphatic rings. The predicted molar refractivity (Wildman–Crippen MR) is 121 cm³/mol. The van der Waals surface area contributed by atoms with Crippen molar-refractivity contribution in [2.45, 2.75) is 38.5 Å². The summed E-state index contributed by atoms with van der Waals surface area (Å²) in [5.41, 5.74) is 0.0761. The average molecular weight is 462 g/mol. The molecular formula is C23H28FN3O4S. The lowest BCUT2D eigenvalue weighted by Gasteiger charge is -2.35. The van der Waals surface area contributed by atoms with Crippen LogP contribution in [0.4, 0.5) is 15.8 Å². The number of piperidine rings is 1. The molecule has 2 aromatic carbocycles. The number of carbonyl (C=O) groups excluding carboxylic acids is 2. The van der Waals surface area contributed by atoms with Crippen molar-refractivity contribution in [2.75, 3.05) is 23.1 Å². The van der Waals surface area contributed by atoms with Crippen molar-refractivity contribution >= 4 is 33.2 Å². The van der Waals surface area contributed by atoms with Crippen molar-refractivity contribution in [1.82, 2.24) is 4.90 Å². The van der Waals surface area contributed by atoms with Gasteiger partial charge in [-0.2, -0.15) is 0 Å². The summed E-state index contributed by atoms with van der Waals surface area (Å²) in [5.74, 6) is -1.05. The summed E-state index contributed by atoms with van der Waals surface area (Å²) in [5, 5.41) is 2.80. The third-order valence-electron chi connectivity index (χ3n) is 5.23. The largest absolute Gasteiger partial charge is 0.341 e. The van der Waals surface area contributed by atoms with Crippen LogP contribution in [-0.4, -0.2) is 38.2 Å². The maximum atomic E-state index is 13.3. The maximum Gasteiger partial charge on any atom is 0.261 e. The van der Waals surface area contributed by atoms with E-state index in [-0.39, 0.29) is 28.3 Å². The van der Waals surface area contributed by atoms with Gasteiger partial charge in [-0.1, -0.05) is 26.8 Å². The number of rotatable bonds is 5. The van der Waals surface area contributed by atoms with E-state index >= 15 is 0 Å². The molecule has 2 N–H and O–H groups in total. The summed E-state index contributed by atoms with van der Waals surface area (Å²) < 4.78 is 40.7. The van der Waals surface area contributed by atoms with Crippen molar-refractivity contribution in [3.05, 3.63) is 54.3 Å². The summed E-state index contributed by atoms with van der Waals surface area (Å²) in [4.78, 5) is 27.0. The van der Waals surface area contributed by atoms with Gasteiger partial charge in [-0.15, -0.1) is 0 Å². The Kier molecular flexibility index (Phi) is 6.88. The second-order valence-corrected chi connectivity index (χ2v) is 10.7. The van der Waals surface area contributed by atoms with E-state index in [1.165, 1.54) is 42.5 Å². The lowest BCUT2D eigenvalue weighted by molar-refractivity contribution is -0.142. The van der Waals surface area contributed by atoms with Crippen LogP contribution in [0, 0.1) is 17.2 Å². The topological polar surface area (TPSA) is 95.6 Å². The predicted octanol–water partition coefficient (Wildman–Crippen LogP) is 3.85. The van der Waals surface area contributed by atoms with Gasteiger partial charge in [-0.05, 0) is 55.3 Å². The molecule has 9 heteroatoms. The van der Waals surface area contributed by atoms with Crippen LogP contribution in [0.25, 0.3) is 0 Å². The molecule has 0 aliphatic carbocycles. The number of anilines is 2. The number of likely N-dealkylation sites (tertiary alicyclic amines) is 1. The van der Waals surface area contributed by atoms with Crippen LogP contribution >= 0.6 is 0 Å². The van der Waals surface area contributed by atoms with E-state index in [0.29, 0.717) is 25.2 Å². The summed E-state index contributed by atoms with van der Waals surface area (Å²) in [6, 6.07) is 10.9. The number of hydrogen-bond donors (Lipinski definition) is 2. The highest BCUT2D eigenvalue weighted by Crippen LogP contribution is 2.25. The Morgan fingerprint density at radius 1 is 1.06 bits per heavy atom. The Labute approximate surface area is 188 Å². The standard InChI is InChI=1S/C23H28FN3O4S/c1-23(2,3)22(29)27-13-5-6-16(15-27)21(28)25-18-9-11-20(12-10-18)32(30,31)26-19-8-4-7-17(24)14-19/h4,7-12,14,16,26H,5-6,13,15H2,1-3H3,(H,25,28). The fraction of sp³-hybridized carbons (Fsp3) is 0.391. The Balaban J connectivity index is 1.64. The van der Waals surface area contributed by atoms with E-state index in [1.807, 2.05) is 20.8 Å². The van der Waals surface area contributed by atoms with Gasteiger partial charge in [-0.3, -0.25) is 14.3 Å². The normalized spacial score (nSPS) is 17.0. The number of halogens is 1. The number of hydrogen-bond acceptors (Lipinski definition) is 4. The Hall–Kier alpha value is -2.94. The van der Waals surface area contributed by atoms with Gasteiger partial charge >= 0.3 is 0 Å². The number of nitrogens with zero attached hydrogens (tertiary/aromatic N) is 1. The highest BCUT2D eigenvalue weighted by Gasteiger charge is 2.33. The molecule has 0 spiro atoms. The summed E-state index contributed by atoms with van der Waals surface area (Å²) >= 11 is 0. The number of benzene rings is 2. The van der Waals surface area contributed by atoms with E-state index in [1.54, 1.807) is 4.90 Å². The van der Waals surface area contributed by atoms with Crippen LogP contribution in [0.2, 0.25) is 0 Å². The van der Waals surface area contributed by atoms with Crippen LogP contribution in [0.3, 0.4) is 0 Å². The average Bonchev–Trinajstić information content (AvgIpc) is 2.72. The molecule has 0 bridgehead atoms. The van der Waals surface area contributed by atoms with Gasteiger partial charge in [0.25, 0.3) is 10.0 Å². The number of amides is 2. The monoisotopic (exact) mass is 461 g/mol. The van der Waals surface area contributed by atoms with Crippen molar-refractivity contribution in [3.8, 4) is 0 Å². The molecule has 1 aliphatic heterocycles. The molecule has 1 saturated heterocycles. The Morgan fingerprint density at radius 3 is 2.38 bits per heavy atom. The van der Waals surface area contributed by atoms with E-state index in [2.05, 4.69) is 10.0 Å². The first-order chi connectivity index (χ1) is 15.0. The molecule has 2 amide bonds. The quantitative estimate of drug-likeness (QED) is 0.707. The van der Waals surface area contributed by atoms with Crippen molar-refractivity contribution in [2.24, 2.45) is 11.3 Å². The molecule has 32 heavy (non-hydrogen) atoms. The van der Waals surface area contributed by atoms with E-state index in [9.17, 15) is 22.4 Å². The smallest absolute Gasteiger partial charge is 0.261 e. The van der Waals surface area contributed by atoms with E-state index in [0.717, 1.165) is 12.5 Å². The third-order valence-corrected chi connectivity index (χ3v) is 6.63. The second kappa shape index (κ2) is 9.28. The third kappa shape index (κ3) is 5.85. The van der Waals surface area contributed by atoms with Crippen molar-refractivity contribution in [1.29, 1.82) is 0 Å². The highest BCUT2D eigenvalue weighted by molar-refractivity contribution is 7.92. The molecule has 1 heterocycles. The summed E-state index contributed by atoms with van der Waals surface area (Å²) in [6.45, 7) is 6.59. The van der Waals surface area contributed by atoms with Crippen LogP contribution in [-0.2, 0) is 19.6 Å². The zero-order valence-electron chi connectivity index (χ0n) is 18.4. The van der Waals surface area contributed by atoms with Crippen molar-refractivity contribution in [3.63, 3.8) is 0 Å². The number of sulfonamides is 1. The van der Waals surface area contributed by atoms with Crippen molar-refractivity contribution < 1.29 is 22.4 Å². The molecule has 1 fully saturated rings. The lowest BCUT2D eigenvalue weighted by atomic mass is 9.91. The molecule has 1 unspecified atom stereocenters. The highest BCUT2D eigenvalue weighted by atomic mass is 32.2. The Morgan fingerprint density at radius 2 is 1.75 bits per heavy atom. The molecule has 2 aromatic rings. The first-order valence-electron chi connectivity index (χ1n) is 10.4. The second-order valence-electron chi connectivity index (χ2n) is 8.97. The van der Waals surface area contributed by atoms with Crippen LogP contribution in [0.15, 0.2) is 53.4 Å². The fourth-order valence-electron chi connectivity index (χ4n) is 3.58. The minimum atomic E-state index is -3.90. The summed E-state index contributed by atoms with van der Waals surface area (Å²) in [6.07, 6.45) is 1.44. The molecule has 0 aromatic heterocycles. The van der Waals surface area contributed by atoms with Crippen LogP contribution < -0.4 is 10.0 Å². The Bertz CT molecular complexity index is 1090. The van der Waals surface area contributed by atoms with Crippen LogP contribution in [0.1, 0.15) is 33.6 Å². The molecule has 7 nitrogen and oxygen atoms in total. The van der Waals surface area contributed by atoms with Gasteiger partial charge in [0, 0.05) is 24.2 Å².